The predicted molar refractivity (Wildman–Crippen MR) is 126 cm³/mol. The smallest absolute Gasteiger partial charge is 0.329 e. The van der Waals surface area contributed by atoms with Crippen LogP contribution in [0.25, 0.3) is 0 Å². The zero-order valence-electron chi connectivity index (χ0n) is 17.5. The summed E-state index contributed by atoms with van der Waals surface area (Å²) in [4.78, 5) is 24.1. The van der Waals surface area contributed by atoms with Gasteiger partial charge in [-0.15, -0.1) is 0 Å². The molecule has 2 amide bonds. The van der Waals surface area contributed by atoms with Gasteiger partial charge in [-0.05, 0) is 48.9 Å². The zero-order valence-corrected chi connectivity index (χ0v) is 19.9. The Morgan fingerprint density at radius 1 is 1.03 bits per heavy atom. The average Bonchev–Trinajstić information content (AvgIpc) is 3.26. The topological polar surface area (TPSA) is 130 Å². The SMILES string of the molecule is C[C@@H](NC(=O)C(=O)N/N=C/c1ccc(CNS(=O)(=O)c2ccc(Br)cc2)o1)c1ccccc1. The molecule has 0 unspecified atom stereocenters. The summed E-state index contributed by atoms with van der Waals surface area (Å²) in [6.45, 7) is 1.69. The van der Waals surface area contributed by atoms with Crippen molar-refractivity contribution in [1.29, 1.82) is 0 Å². The Morgan fingerprint density at radius 2 is 1.73 bits per heavy atom. The standard InChI is InChI=1S/C22H21BrN4O5S/c1-15(16-5-3-2-4-6-16)26-21(28)22(29)27-24-13-18-9-10-19(32-18)14-25-33(30,31)20-11-7-17(23)8-12-20/h2-13,15,25H,14H2,1H3,(H,26,28)(H,27,29)/b24-13+/t15-/m1/s1. The largest absolute Gasteiger partial charge is 0.459 e. The fourth-order valence-corrected chi connectivity index (χ4v) is 3.97. The third-order valence-corrected chi connectivity index (χ3v) is 6.40. The lowest BCUT2D eigenvalue weighted by Crippen LogP contribution is -2.39. The highest BCUT2D eigenvalue weighted by Crippen LogP contribution is 2.15. The highest BCUT2D eigenvalue weighted by atomic mass is 79.9. The Hall–Kier alpha value is -3.28. The normalized spacial score (nSPS) is 12.4. The number of carbonyl (C=O) groups is 2. The Morgan fingerprint density at radius 3 is 2.42 bits per heavy atom. The summed E-state index contributed by atoms with van der Waals surface area (Å²) < 4.78 is 33.3. The second-order valence-corrected chi connectivity index (χ2v) is 9.57. The number of hydrazone groups is 1. The van der Waals surface area contributed by atoms with Gasteiger partial charge in [0.1, 0.15) is 11.5 Å². The maximum Gasteiger partial charge on any atom is 0.329 e. The van der Waals surface area contributed by atoms with E-state index in [1.807, 2.05) is 30.3 Å². The Labute approximate surface area is 199 Å². The quantitative estimate of drug-likeness (QED) is 0.233. The van der Waals surface area contributed by atoms with Gasteiger partial charge in [-0.3, -0.25) is 9.59 Å². The van der Waals surface area contributed by atoms with Gasteiger partial charge in [-0.25, -0.2) is 18.6 Å². The van der Waals surface area contributed by atoms with Crippen LogP contribution >= 0.6 is 15.9 Å². The lowest BCUT2D eigenvalue weighted by atomic mass is 10.1. The molecule has 0 aliphatic rings. The van der Waals surface area contributed by atoms with Gasteiger partial charge in [0.15, 0.2) is 0 Å². The van der Waals surface area contributed by atoms with Crippen LogP contribution in [-0.2, 0) is 26.2 Å². The number of carbonyl (C=O) groups excluding carboxylic acids is 2. The number of halogens is 1. The number of amides is 2. The Bertz CT molecular complexity index is 1240. The lowest BCUT2D eigenvalue weighted by Gasteiger charge is -2.13. The van der Waals surface area contributed by atoms with Crippen molar-refractivity contribution < 1.29 is 22.4 Å². The van der Waals surface area contributed by atoms with E-state index in [1.165, 1.54) is 18.3 Å². The van der Waals surface area contributed by atoms with Crippen LogP contribution in [0.1, 0.15) is 30.0 Å². The van der Waals surface area contributed by atoms with Crippen molar-refractivity contribution in [2.24, 2.45) is 5.10 Å². The highest BCUT2D eigenvalue weighted by molar-refractivity contribution is 9.10. The van der Waals surface area contributed by atoms with Gasteiger partial charge >= 0.3 is 11.8 Å². The summed E-state index contributed by atoms with van der Waals surface area (Å²) in [5, 5.41) is 6.28. The van der Waals surface area contributed by atoms with Crippen LogP contribution < -0.4 is 15.5 Å². The molecule has 0 saturated carbocycles. The molecule has 3 N–H and O–H groups in total. The molecular weight excluding hydrogens is 512 g/mol. The minimum atomic E-state index is -3.70. The molecule has 1 heterocycles. The molecule has 0 fully saturated rings. The number of nitrogens with one attached hydrogen (secondary N) is 3. The van der Waals surface area contributed by atoms with Crippen molar-refractivity contribution in [3.63, 3.8) is 0 Å². The molecule has 0 aliphatic heterocycles. The van der Waals surface area contributed by atoms with E-state index >= 15 is 0 Å². The van der Waals surface area contributed by atoms with Gasteiger partial charge < -0.3 is 9.73 Å². The maximum absolute atomic E-state index is 12.3. The molecule has 1 aromatic heterocycles. The van der Waals surface area contributed by atoms with Crippen LogP contribution in [0.4, 0.5) is 0 Å². The van der Waals surface area contributed by atoms with Gasteiger partial charge in [-0.2, -0.15) is 5.10 Å². The van der Waals surface area contributed by atoms with Gasteiger partial charge in [0.05, 0.1) is 23.7 Å². The number of rotatable bonds is 8. The van der Waals surface area contributed by atoms with Crippen molar-refractivity contribution in [2.45, 2.75) is 24.4 Å². The van der Waals surface area contributed by atoms with E-state index in [9.17, 15) is 18.0 Å². The van der Waals surface area contributed by atoms with Crippen molar-refractivity contribution in [3.05, 3.63) is 88.3 Å². The van der Waals surface area contributed by atoms with E-state index < -0.39 is 21.8 Å². The minimum absolute atomic E-state index is 0.0711. The van der Waals surface area contributed by atoms with E-state index in [2.05, 4.69) is 36.5 Å². The fraction of sp³-hybridized carbons (Fsp3) is 0.136. The molecule has 9 nitrogen and oxygen atoms in total. The van der Waals surface area contributed by atoms with E-state index in [1.54, 1.807) is 31.2 Å². The second-order valence-electron chi connectivity index (χ2n) is 6.89. The second kappa shape index (κ2) is 11.0. The first-order valence-corrected chi connectivity index (χ1v) is 12.0. The van der Waals surface area contributed by atoms with Crippen molar-refractivity contribution in [3.8, 4) is 0 Å². The fourth-order valence-electron chi connectivity index (χ4n) is 2.71. The number of sulfonamides is 1. The molecule has 11 heteroatoms. The van der Waals surface area contributed by atoms with E-state index in [-0.39, 0.29) is 23.2 Å². The van der Waals surface area contributed by atoms with Gasteiger partial charge in [0.2, 0.25) is 10.0 Å². The van der Waals surface area contributed by atoms with Crippen molar-refractivity contribution >= 4 is 44.0 Å². The first-order chi connectivity index (χ1) is 15.7. The van der Waals surface area contributed by atoms with Crippen molar-refractivity contribution in [2.75, 3.05) is 0 Å². The summed E-state index contributed by atoms with van der Waals surface area (Å²) in [5.41, 5.74) is 2.98. The van der Waals surface area contributed by atoms with Crippen LogP contribution in [0.2, 0.25) is 0 Å². The number of hydrogen-bond acceptors (Lipinski definition) is 6. The van der Waals surface area contributed by atoms with Gasteiger partial charge in [0.25, 0.3) is 0 Å². The van der Waals surface area contributed by atoms with Crippen LogP contribution in [0.5, 0.6) is 0 Å². The Kier molecular flexibility index (Phi) is 8.15. The first kappa shape index (κ1) is 24.4. The average molecular weight is 533 g/mol. The van der Waals surface area contributed by atoms with E-state index in [0.29, 0.717) is 5.76 Å². The molecule has 1 atom stereocenters. The molecule has 3 aromatic rings. The van der Waals surface area contributed by atoms with Gasteiger partial charge in [0, 0.05) is 4.47 Å². The van der Waals surface area contributed by atoms with Crippen LogP contribution in [0.15, 0.2) is 85.6 Å². The van der Waals surface area contributed by atoms with Crippen LogP contribution in [-0.4, -0.2) is 26.4 Å². The number of benzene rings is 2. The molecule has 33 heavy (non-hydrogen) atoms. The third kappa shape index (κ3) is 7.11. The van der Waals surface area contributed by atoms with E-state index in [4.69, 9.17) is 4.42 Å². The number of hydrogen-bond donors (Lipinski definition) is 3. The number of nitrogens with zero attached hydrogens (tertiary/aromatic N) is 1. The molecule has 0 spiro atoms. The maximum atomic E-state index is 12.3. The molecule has 3 rings (SSSR count). The third-order valence-electron chi connectivity index (χ3n) is 4.45. The molecule has 172 valence electrons. The zero-order chi connectivity index (χ0) is 23.8. The monoisotopic (exact) mass is 532 g/mol. The number of furan rings is 1. The lowest BCUT2D eigenvalue weighted by molar-refractivity contribution is -0.139. The predicted octanol–water partition coefficient (Wildman–Crippen LogP) is 2.85. The van der Waals surface area contributed by atoms with E-state index in [0.717, 1.165) is 10.0 Å². The molecule has 0 saturated heterocycles. The van der Waals surface area contributed by atoms with Crippen LogP contribution in [0.3, 0.4) is 0 Å². The summed E-state index contributed by atoms with van der Waals surface area (Å²) in [6, 6.07) is 18.2. The Balaban J connectivity index is 1.48. The molecule has 0 radical (unpaired) electrons. The summed E-state index contributed by atoms with van der Waals surface area (Å²) in [7, 11) is -3.70. The molecule has 2 aromatic carbocycles. The van der Waals surface area contributed by atoms with Crippen molar-refractivity contribution in [1.82, 2.24) is 15.5 Å². The molecule has 0 bridgehead atoms. The van der Waals surface area contributed by atoms with Crippen LogP contribution in [0, 0.1) is 0 Å². The summed E-state index contributed by atoms with van der Waals surface area (Å²) >= 11 is 3.26. The highest BCUT2D eigenvalue weighted by Gasteiger charge is 2.17. The molecular formula is C22H21BrN4O5S. The summed E-state index contributed by atoms with van der Waals surface area (Å²) in [5.74, 6) is -1.14. The first-order valence-electron chi connectivity index (χ1n) is 9.77. The minimum Gasteiger partial charge on any atom is -0.459 e. The molecule has 0 aliphatic carbocycles. The van der Waals surface area contributed by atoms with Gasteiger partial charge in [-0.1, -0.05) is 46.3 Å². The summed E-state index contributed by atoms with van der Waals surface area (Å²) in [6.07, 6.45) is 1.21.